The molecule has 2 heterocycles. The van der Waals surface area contributed by atoms with Gasteiger partial charge in [-0.25, -0.2) is 0 Å². The molecule has 49 heavy (non-hydrogen) atoms. The number of nitrogens with one attached hydrogen (secondary N) is 1. The van der Waals surface area contributed by atoms with Crippen molar-refractivity contribution in [3.63, 3.8) is 0 Å². The molecule has 0 aliphatic carbocycles. The number of ether oxygens (including phenoxy) is 2. The third-order valence-electron chi connectivity index (χ3n) is 9.43. The van der Waals surface area contributed by atoms with Crippen LogP contribution in [0.1, 0.15) is 47.1 Å². The van der Waals surface area contributed by atoms with Gasteiger partial charge in [-0.15, -0.1) is 0 Å². The lowest BCUT2D eigenvalue weighted by Crippen LogP contribution is -2.51. The quantitative estimate of drug-likeness (QED) is 0.166. The number of halogens is 3. The Kier molecular flexibility index (Phi) is 12.0. The predicted molar refractivity (Wildman–Crippen MR) is 195 cm³/mol. The lowest BCUT2D eigenvalue weighted by Gasteiger charge is -2.44. The molecule has 1 amide bonds. The Morgan fingerprint density at radius 3 is 2.10 bits per heavy atom. The topological polar surface area (TPSA) is 74.3 Å². The second-order valence-corrected chi connectivity index (χ2v) is 15.2. The molecular formula is C39H42Cl3N3O4. The molecule has 2 fully saturated rings. The molecule has 2 aliphatic rings. The summed E-state index contributed by atoms with van der Waals surface area (Å²) in [7, 11) is 0. The van der Waals surface area contributed by atoms with Crippen molar-refractivity contribution in [2.75, 3.05) is 32.7 Å². The normalized spacial score (nSPS) is 22.1. The highest BCUT2D eigenvalue weighted by Gasteiger charge is 2.39. The number of carbonyl (C=O) groups is 1. The Balaban J connectivity index is 1.15. The lowest BCUT2D eigenvalue weighted by molar-refractivity contribution is -0.276. The molecule has 0 aromatic heterocycles. The summed E-state index contributed by atoms with van der Waals surface area (Å²) in [6, 6.07) is 34.8. The van der Waals surface area contributed by atoms with Crippen LogP contribution in [0.2, 0.25) is 0 Å². The van der Waals surface area contributed by atoms with Crippen LogP contribution in [0.15, 0.2) is 103 Å². The second-order valence-electron chi connectivity index (χ2n) is 12.9. The molecule has 6 rings (SSSR count). The summed E-state index contributed by atoms with van der Waals surface area (Å²) in [5.74, 6) is -0.553. The minimum absolute atomic E-state index is 0.00478. The van der Waals surface area contributed by atoms with Gasteiger partial charge in [0.05, 0.1) is 18.8 Å². The smallest absolute Gasteiger partial charge is 0.272 e. The van der Waals surface area contributed by atoms with Crippen LogP contribution in [0.25, 0.3) is 11.1 Å². The fourth-order valence-electron chi connectivity index (χ4n) is 6.53. The van der Waals surface area contributed by atoms with Crippen LogP contribution in [0.3, 0.4) is 0 Å². The van der Waals surface area contributed by atoms with Crippen LogP contribution >= 0.6 is 34.8 Å². The van der Waals surface area contributed by atoms with Gasteiger partial charge in [-0.05, 0) is 39.4 Å². The Morgan fingerprint density at radius 1 is 0.776 bits per heavy atom. The minimum Gasteiger partial charge on any atom is -0.392 e. The van der Waals surface area contributed by atoms with Crippen molar-refractivity contribution < 1.29 is 19.4 Å². The summed E-state index contributed by atoms with van der Waals surface area (Å²) < 4.78 is 11.5. The van der Waals surface area contributed by atoms with Crippen LogP contribution in [0, 0.1) is 5.92 Å². The number of piperazine rings is 1. The van der Waals surface area contributed by atoms with Crippen LogP contribution in [-0.2, 0) is 34.0 Å². The van der Waals surface area contributed by atoms with Crippen LogP contribution in [-0.4, -0.2) is 63.4 Å². The van der Waals surface area contributed by atoms with Gasteiger partial charge in [0.2, 0.25) is 0 Å². The van der Waals surface area contributed by atoms with Gasteiger partial charge in [-0.2, -0.15) is 0 Å². The second kappa shape index (κ2) is 16.4. The molecule has 258 valence electrons. The predicted octanol–water partition coefficient (Wildman–Crippen LogP) is 7.44. The Hall–Kier alpha value is -2.98. The number of rotatable bonds is 10. The number of alkyl halides is 3. The fourth-order valence-corrected chi connectivity index (χ4v) is 6.73. The summed E-state index contributed by atoms with van der Waals surface area (Å²) in [4.78, 5) is 17.0. The van der Waals surface area contributed by atoms with Gasteiger partial charge in [0.15, 0.2) is 6.29 Å². The maximum atomic E-state index is 12.0. The average molecular weight is 723 g/mol. The lowest BCUT2D eigenvalue weighted by atomic mass is 9.89. The van der Waals surface area contributed by atoms with Crippen molar-refractivity contribution in [1.82, 2.24) is 15.1 Å². The van der Waals surface area contributed by atoms with Crippen LogP contribution in [0.4, 0.5) is 0 Å². The molecule has 0 spiro atoms. The maximum Gasteiger partial charge on any atom is 0.272 e. The number of nitrogens with zero attached hydrogens (tertiary/aromatic N) is 2. The van der Waals surface area contributed by atoms with E-state index >= 15 is 0 Å². The van der Waals surface area contributed by atoms with Crippen LogP contribution in [0.5, 0.6) is 0 Å². The van der Waals surface area contributed by atoms with Gasteiger partial charge < -0.3 is 19.9 Å². The number of carbonyl (C=O) groups excluding carboxylic acids is 1. The van der Waals surface area contributed by atoms with E-state index < -0.39 is 16.0 Å². The maximum absolute atomic E-state index is 12.0. The molecule has 7 nitrogen and oxygen atoms in total. The molecule has 0 bridgehead atoms. The first-order chi connectivity index (χ1) is 23.7. The van der Waals surface area contributed by atoms with Crippen molar-refractivity contribution in [1.29, 1.82) is 0 Å². The van der Waals surface area contributed by atoms with Gasteiger partial charge in [0.1, 0.15) is 0 Å². The third kappa shape index (κ3) is 9.43. The zero-order chi connectivity index (χ0) is 34.4. The first kappa shape index (κ1) is 35.8. The van der Waals surface area contributed by atoms with Crippen molar-refractivity contribution in [3.05, 3.63) is 131 Å². The standard InChI is InChI=1S/C39H42Cl3N3O4/c1-27-35(25-45-20-18-44(19-21-45)24-28-6-3-2-4-7-28)48-37(49-36(27)32-12-10-29(26-46)11-13-32)33-16-14-31(15-17-33)34-9-5-8-30(22-34)23-43-38(47)39(40,41)42/h2-17,22,27,35-37,46H,18-21,23-26H2,1H3,(H,43,47)/t27-,35+,36+,37+/m0/s1. The van der Waals surface area contributed by atoms with Crippen LogP contribution < -0.4 is 5.32 Å². The van der Waals surface area contributed by atoms with Gasteiger partial charge in [-0.1, -0.05) is 139 Å². The number of amides is 1. The summed E-state index contributed by atoms with van der Waals surface area (Å²) >= 11 is 17.1. The summed E-state index contributed by atoms with van der Waals surface area (Å²) in [5.41, 5.74) is 7.14. The van der Waals surface area contributed by atoms with Crippen molar-refractivity contribution in [2.24, 2.45) is 5.92 Å². The molecule has 4 aromatic rings. The number of aliphatic hydroxyl groups excluding tert-OH is 1. The summed E-state index contributed by atoms with van der Waals surface area (Å²) in [6.45, 7) is 8.27. The highest BCUT2D eigenvalue weighted by Crippen LogP contribution is 2.42. The Morgan fingerprint density at radius 2 is 1.43 bits per heavy atom. The number of hydrogen-bond acceptors (Lipinski definition) is 6. The Labute approximate surface area is 303 Å². The number of aliphatic hydroxyl groups is 1. The zero-order valence-electron chi connectivity index (χ0n) is 27.5. The van der Waals surface area contributed by atoms with Crippen molar-refractivity contribution in [2.45, 2.75) is 48.9 Å². The molecule has 0 saturated carbocycles. The monoisotopic (exact) mass is 721 g/mol. The SMILES string of the molecule is C[C@H]1[C@@H](CN2CCN(Cc3ccccc3)CC2)O[C@@H](c2ccc(-c3cccc(CNC(=O)C(Cl)(Cl)Cl)c3)cc2)O[C@H]1c1ccc(CO)cc1. The molecule has 0 radical (unpaired) electrons. The minimum atomic E-state index is -2.01. The highest BCUT2D eigenvalue weighted by molar-refractivity contribution is 6.76. The summed E-state index contributed by atoms with van der Waals surface area (Å²) in [6.07, 6.45) is -0.753. The zero-order valence-corrected chi connectivity index (χ0v) is 29.7. The molecule has 2 aliphatic heterocycles. The van der Waals surface area contributed by atoms with Gasteiger partial charge in [-0.3, -0.25) is 14.6 Å². The van der Waals surface area contributed by atoms with Gasteiger partial charge in [0, 0.05) is 57.3 Å². The van der Waals surface area contributed by atoms with E-state index in [1.165, 1.54) is 5.56 Å². The number of benzene rings is 4. The van der Waals surface area contributed by atoms with E-state index in [4.69, 9.17) is 44.3 Å². The molecule has 4 aromatic carbocycles. The molecule has 4 atom stereocenters. The van der Waals surface area contributed by atoms with E-state index in [0.29, 0.717) is 0 Å². The van der Waals surface area contributed by atoms with Gasteiger partial charge >= 0.3 is 0 Å². The average Bonchev–Trinajstić information content (AvgIpc) is 3.12. The first-order valence-electron chi connectivity index (χ1n) is 16.7. The third-order valence-corrected chi connectivity index (χ3v) is 9.94. The van der Waals surface area contributed by atoms with Gasteiger partial charge in [0.25, 0.3) is 9.70 Å². The van der Waals surface area contributed by atoms with E-state index in [-0.39, 0.29) is 31.3 Å². The first-order valence-corrected chi connectivity index (χ1v) is 17.8. The fraction of sp³-hybridized carbons (Fsp3) is 0.359. The number of hydrogen-bond donors (Lipinski definition) is 2. The van der Waals surface area contributed by atoms with E-state index in [1.807, 2.05) is 36.4 Å². The molecule has 2 N–H and O–H groups in total. The van der Waals surface area contributed by atoms with E-state index in [1.54, 1.807) is 0 Å². The van der Waals surface area contributed by atoms with Crippen molar-refractivity contribution in [3.8, 4) is 11.1 Å². The van der Waals surface area contributed by atoms with E-state index in [0.717, 1.165) is 72.6 Å². The molecular weight excluding hydrogens is 681 g/mol. The highest BCUT2D eigenvalue weighted by atomic mass is 35.6. The van der Waals surface area contributed by atoms with E-state index in [2.05, 4.69) is 88.8 Å². The summed E-state index contributed by atoms with van der Waals surface area (Å²) in [5, 5.41) is 12.3. The largest absolute Gasteiger partial charge is 0.392 e. The van der Waals surface area contributed by atoms with Crippen molar-refractivity contribution >= 4 is 40.7 Å². The molecule has 0 unspecified atom stereocenters. The molecule has 10 heteroatoms. The Bertz CT molecular complexity index is 1660. The van der Waals surface area contributed by atoms with E-state index in [9.17, 15) is 9.90 Å². The molecule has 2 saturated heterocycles.